The van der Waals surface area contributed by atoms with Gasteiger partial charge >= 0.3 is 0 Å². The first kappa shape index (κ1) is 20.2. The zero-order valence-corrected chi connectivity index (χ0v) is 17.9. The number of hydrogen-bond donors (Lipinski definition) is 0. The van der Waals surface area contributed by atoms with Gasteiger partial charge in [-0.1, -0.05) is 18.2 Å². The summed E-state index contributed by atoms with van der Waals surface area (Å²) in [4.78, 5) is 11.5. The van der Waals surface area contributed by atoms with Crippen molar-refractivity contribution >= 4 is 0 Å². The summed E-state index contributed by atoms with van der Waals surface area (Å²) >= 11 is 0. The summed E-state index contributed by atoms with van der Waals surface area (Å²) in [5.41, 5.74) is 5.88. The molecule has 4 rings (SSSR count). The largest absolute Gasteiger partial charge is 0.496 e. The molecule has 156 valence electrons. The van der Waals surface area contributed by atoms with Gasteiger partial charge in [0.2, 0.25) is 0 Å². The summed E-state index contributed by atoms with van der Waals surface area (Å²) in [5, 5.41) is 0. The topological polar surface area (TPSA) is 56.7 Å². The molecule has 6 nitrogen and oxygen atoms in total. The van der Waals surface area contributed by atoms with Gasteiger partial charge in [0.05, 0.1) is 31.3 Å². The fraction of sp³-hybridized carbons (Fsp3) is 0.333. The molecular formula is C24H27N3O3. The van der Waals surface area contributed by atoms with E-state index >= 15 is 0 Å². The molecular weight excluding hydrogens is 378 g/mol. The zero-order valence-electron chi connectivity index (χ0n) is 17.9. The predicted octanol–water partition coefficient (Wildman–Crippen LogP) is 4.17. The van der Waals surface area contributed by atoms with Crippen molar-refractivity contribution in [2.24, 2.45) is 0 Å². The second-order valence-electron chi connectivity index (χ2n) is 7.48. The average molecular weight is 405 g/mol. The van der Waals surface area contributed by atoms with Crippen LogP contribution in [-0.2, 0) is 13.1 Å². The first-order valence-electron chi connectivity index (χ1n) is 10.1. The third-order valence-electron chi connectivity index (χ3n) is 5.34. The maximum atomic E-state index is 6.11. The van der Waals surface area contributed by atoms with E-state index in [-0.39, 0.29) is 0 Å². The lowest BCUT2D eigenvalue weighted by molar-refractivity contribution is 0.215. The number of aryl methyl sites for hydroxylation is 2. The standard InChI is InChI=1S/C24H27N3O3/c1-16-13-25-17(2)23(26-16)19-11-20-15-27(9-10-30-24(20)22(12-19)29-4)14-18-7-5-6-8-21(18)28-3/h5-8,11-13H,9-10,14-15H2,1-4H3. The van der Waals surface area contributed by atoms with Crippen LogP contribution >= 0.6 is 0 Å². The molecule has 1 aliphatic heterocycles. The van der Waals surface area contributed by atoms with Crippen molar-refractivity contribution in [3.8, 4) is 28.5 Å². The van der Waals surface area contributed by atoms with Crippen molar-refractivity contribution in [1.29, 1.82) is 0 Å². The van der Waals surface area contributed by atoms with Crippen LogP contribution in [0.5, 0.6) is 17.2 Å². The molecule has 0 atom stereocenters. The minimum atomic E-state index is 0.598. The SMILES string of the molecule is COc1ccccc1CN1CCOc2c(cc(-c3nc(C)cnc3C)cc2OC)C1. The van der Waals surface area contributed by atoms with Crippen LogP contribution < -0.4 is 14.2 Å². The van der Waals surface area contributed by atoms with Crippen molar-refractivity contribution in [3.63, 3.8) is 0 Å². The van der Waals surface area contributed by atoms with E-state index in [9.17, 15) is 0 Å². The van der Waals surface area contributed by atoms with Gasteiger partial charge in [0, 0.05) is 42.5 Å². The van der Waals surface area contributed by atoms with Crippen LogP contribution in [0.2, 0.25) is 0 Å². The van der Waals surface area contributed by atoms with Gasteiger partial charge in [-0.2, -0.15) is 0 Å². The van der Waals surface area contributed by atoms with E-state index < -0.39 is 0 Å². The normalized spacial score (nSPS) is 13.9. The summed E-state index contributed by atoms with van der Waals surface area (Å²) in [6.07, 6.45) is 1.79. The number of aromatic nitrogens is 2. The Morgan fingerprint density at radius 2 is 1.87 bits per heavy atom. The van der Waals surface area contributed by atoms with Crippen LogP contribution in [0.15, 0.2) is 42.6 Å². The smallest absolute Gasteiger partial charge is 0.165 e. The van der Waals surface area contributed by atoms with E-state index in [0.29, 0.717) is 6.61 Å². The predicted molar refractivity (Wildman–Crippen MR) is 116 cm³/mol. The van der Waals surface area contributed by atoms with Crippen molar-refractivity contribution in [1.82, 2.24) is 14.9 Å². The zero-order chi connectivity index (χ0) is 21.1. The molecule has 0 bridgehead atoms. The number of benzene rings is 2. The minimum absolute atomic E-state index is 0.598. The van der Waals surface area contributed by atoms with Crippen LogP contribution in [0.1, 0.15) is 22.5 Å². The Morgan fingerprint density at radius 3 is 2.67 bits per heavy atom. The lowest BCUT2D eigenvalue weighted by Crippen LogP contribution is -2.25. The van der Waals surface area contributed by atoms with Gasteiger partial charge in [-0.25, -0.2) is 4.98 Å². The lowest BCUT2D eigenvalue weighted by Gasteiger charge is -2.21. The molecule has 6 heteroatoms. The van der Waals surface area contributed by atoms with Gasteiger partial charge in [-0.3, -0.25) is 9.88 Å². The monoisotopic (exact) mass is 405 g/mol. The fourth-order valence-electron chi connectivity index (χ4n) is 3.85. The Bertz CT molecular complexity index is 1050. The number of rotatable bonds is 5. The van der Waals surface area contributed by atoms with Crippen LogP contribution in [0.4, 0.5) is 0 Å². The lowest BCUT2D eigenvalue weighted by atomic mass is 10.0. The molecule has 0 spiro atoms. The van der Waals surface area contributed by atoms with Gasteiger partial charge in [-0.05, 0) is 32.0 Å². The molecule has 0 saturated carbocycles. The highest BCUT2D eigenvalue weighted by Crippen LogP contribution is 2.38. The molecule has 3 aromatic rings. The minimum Gasteiger partial charge on any atom is -0.496 e. The van der Waals surface area contributed by atoms with Crippen LogP contribution in [0, 0.1) is 13.8 Å². The number of para-hydroxylation sites is 1. The maximum absolute atomic E-state index is 6.11. The molecule has 0 fully saturated rings. The molecule has 1 aromatic heterocycles. The van der Waals surface area contributed by atoms with Gasteiger partial charge in [0.15, 0.2) is 11.5 Å². The summed E-state index contributed by atoms with van der Waals surface area (Å²) < 4.78 is 17.3. The van der Waals surface area contributed by atoms with Crippen molar-refractivity contribution in [2.75, 3.05) is 27.4 Å². The third-order valence-corrected chi connectivity index (χ3v) is 5.34. The number of ether oxygens (including phenoxy) is 3. The van der Waals surface area contributed by atoms with Crippen LogP contribution in [0.3, 0.4) is 0 Å². The number of nitrogens with zero attached hydrogens (tertiary/aromatic N) is 3. The molecule has 0 aliphatic carbocycles. The first-order chi connectivity index (χ1) is 14.6. The van der Waals surface area contributed by atoms with Gasteiger partial charge in [0.25, 0.3) is 0 Å². The third kappa shape index (κ3) is 4.09. The molecule has 0 saturated heterocycles. The van der Waals surface area contributed by atoms with E-state index in [1.165, 1.54) is 0 Å². The molecule has 0 amide bonds. The first-order valence-corrected chi connectivity index (χ1v) is 10.1. The Hall–Kier alpha value is -3.12. The van der Waals surface area contributed by atoms with Crippen molar-refractivity contribution < 1.29 is 14.2 Å². The number of fused-ring (bicyclic) bond motifs is 1. The van der Waals surface area contributed by atoms with E-state index in [2.05, 4.69) is 22.0 Å². The molecule has 2 aromatic carbocycles. The van der Waals surface area contributed by atoms with Gasteiger partial charge in [-0.15, -0.1) is 0 Å². The van der Waals surface area contributed by atoms with Crippen molar-refractivity contribution in [3.05, 3.63) is 65.1 Å². The number of methoxy groups -OCH3 is 2. The maximum Gasteiger partial charge on any atom is 0.165 e. The summed E-state index contributed by atoms with van der Waals surface area (Å²) in [7, 11) is 3.39. The van der Waals surface area contributed by atoms with E-state index in [1.54, 1.807) is 20.4 Å². The summed E-state index contributed by atoms with van der Waals surface area (Å²) in [5.74, 6) is 2.44. The molecule has 0 unspecified atom stereocenters. The van der Waals surface area contributed by atoms with Crippen molar-refractivity contribution in [2.45, 2.75) is 26.9 Å². The highest BCUT2D eigenvalue weighted by molar-refractivity contribution is 5.68. The average Bonchev–Trinajstić information content (AvgIpc) is 2.96. The van der Waals surface area contributed by atoms with Gasteiger partial charge in [0.1, 0.15) is 12.4 Å². The van der Waals surface area contributed by atoms with Gasteiger partial charge < -0.3 is 14.2 Å². The fourth-order valence-corrected chi connectivity index (χ4v) is 3.85. The Balaban J connectivity index is 1.70. The molecule has 1 aliphatic rings. The highest BCUT2D eigenvalue weighted by Gasteiger charge is 2.22. The van der Waals surface area contributed by atoms with Crippen LogP contribution in [-0.4, -0.2) is 42.2 Å². The van der Waals surface area contributed by atoms with E-state index in [0.717, 1.165) is 70.7 Å². The quantitative estimate of drug-likeness (QED) is 0.635. The Morgan fingerprint density at radius 1 is 1.07 bits per heavy atom. The Labute approximate surface area is 177 Å². The highest BCUT2D eigenvalue weighted by atomic mass is 16.5. The second kappa shape index (κ2) is 8.71. The molecule has 2 heterocycles. The van der Waals surface area contributed by atoms with E-state index in [4.69, 9.17) is 19.2 Å². The molecule has 30 heavy (non-hydrogen) atoms. The van der Waals surface area contributed by atoms with E-state index in [1.807, 2.05) is 38.1 Å². The number of hydrogen-bond acceptors (Lipinski definition) is 6. The Kier molecular flexibility index (Phi) is 5.86. The summed E-state index contributed by atoms with van der Waals surface area (Å²) in [6.45, 7) is 6.87. The summed E-state index contributed by atoms with van der Waals surface area (Å²) in [6, 6.07) is 12.3. The molecule has 0 N–H and O–H groups in total. The molecule has 0 radical (unpaired) electrons. The van der Waals surface area contributed by atoms with Crippen LogP contribution in [0.25, 0.3) is 11.3 Å². The second-order valence-corrected chi connectivity index (χ2v) is 7.48.